The zero-order chi connectivity index (χ0) is 14.9. The van der Waals surface area contributed by atoms with E-state index in [1.807, 2.05) is 25.7 Å². The van der Waals surface area contributed by atoms with E-state index in [1.54, 1.807) is 6.07 Å². The molecule has 3 N–H and O–H groups in total. The summed E-state index contributed by atoms with van der Waals surface area (Å²) in [7, 11) is 0. The maximum Gasteiger partial charge on any atom is 0.269 e. The molecular formula is C14H22N4O2. The van der Waals surface area contributed by atoms with Crippen molar-refractivity contribution in [3.8, 4) is 0 Å². The summed E-state index contributed by atoms with van der Waals surface area (Å²) in [6, 6.07) is 1.72. The Morgan fingerprint density at radius 1 is 1.35 bits per heavy atom. The molecule has 1 fully saturated rings. The lowest BCUT2D eigenvalue weighted by Gasteiger charge is -2.35. The van der Waals surface area contributed by atoms with E-state index in [0.717, 1.165) is 31.6 Å². The van der Waals surface area contributed by atoms with Gasteiger partial charge in [-0.25, -0.2) is 0 Å². The Kier molecular flexibility index (Phi) is 3.83. The number of carbonyl (C=O) groups is 2. The van der Waals surface area contributed by atoms with Crippen molar-refractivity contribution >= 4 is 11.8 Å². The molecule has 20 heavy (non-hydrogen) atoms. The number of primary amides is 1. The second kappa shape index (κ2) is 5.26. The SMILES string of the molecule is CC(C)(C)C(=O)N1CCC(c2cc(C(N)=O)n[nH]2)CC1. The predicted molar refractivity (Wildman–Crippen MR) is 75.1 cm³/mol. The molecule has 1 aliphatic rings. The van der Waals surface area contributed by atoms with Crippen LogP contribution in [-0.2, 0) is 4.79 Å². The average Bonchev–Trinajstić information content (AvgIpc) is 2.86. The zero-order valence-corrected chi connectivity index (χ0v) is 12.3. The van der Waals surface area contributed by atoms with Gasteiger partial charge in [0.1, 0.15) is 5.69 Å². The molecule has 0 spiro atoms. The summed E-state index contributed by atoms with van der Waals surface area (Å²) >= 11 is 0. The highest BCUT2D eigenvalue weighted by molar-refractivity contribution is 5.90. The molecule has 0 aliphatic carbocycles. The van der Waals surface area contributed by atoms with Gasteiger partial charge in [0.05, 0.1) is 0 Å². The van der Waals surface area contributed by atoms with Crippen molar-refractivity contribution in [2.75, 3.05) is 13.1 Å². The number of nitrogens with zero attached hydrogens (tertiary/aromatic N) is 2. The van der Waals surface area contributed by atoms with Gasteiger partial charge in [-0.2, -0.15) is 5.10 Å². The molecule has 110 valence electrons. The maximum atomic E-state index is 12.2. The highest BCUT2D eigenvalue weighted by Gasteiger charge is 2.31. The van der Waals surface area contributed by atoms with Crippen LogP contribution in [-0.4, -0.2) is 40.0 Å². The molecule has 6 heteroatoms. The third-order valence-corrected chi connectivity index (χ3v) is 3.71. The van der Waals surface area contributed by atoms with Gasteiger partial charge in [0, 0.05) is 30.1 Å². The van der Waals surface area contributed by atoms with E-state index in [-0.39, 0.29) is 17.0 Å². The highest BCUT2D eigenvalue weighted by Crippen LogP contribution is 2.29. The largest absolute Gasteiger partial charge is 0.364 e. The molecule has 0 atom stereocenters. The molecule has 1 aromatic rings. The number of aromatic nitrogens is 2. The molecule has 0 saturated carbocycles. The van der Waals surface area contributed by atoms with Gasteiger partial charge in [0.25, 0.3) is 5.91 Å². The van der Waals surface area contributed by atoms with Gasteiger partial charge in [-0.1, -0.05) is 20.8 Å². The summed E-state index contributed by atoms with van der Waals surface area (Å²) in [5.74, 6) is -0.0224. The Morgan fingerprint density at radius 3 is 2.40 bits per heavy atom. The molecule has 0 radical (unpaired) electrons. The van der Waals surface area contributed by atoms with Crippen LogP contribution in [0.5, 0.6) is 0 Å². The number of H-pyrrole nitrogens is 1. The summed E-state index contributed by atoms with van der Waals surface area (Å²) in [6.45, 7) is 7.30. The van der Waals surface area contributed by atoms with E-state index in [0.29, 0.717) is 5.92 Å². The van der Waals surface area contributed by atoms with Crippen molar-refractivity contribution in [1.29, 1.82) is 0 Å². The van der Waals surface area contributed by atoms with Crippen LogP contribution in [0.1, 0.15) is 55.7 Å². The fourth-order valence-corrected chi connectivity index (χ4v) is 2.54. The Balaban J connectivity index is 1.97. The summed E-state index contributed by atoms with van der Waals surface area (Å²) in [4.78, 5) is 25.2. The van der Waals surface area contributed by atoms with Crippen molar-refractivity contribution in [2.45, 2.75) is 39.5 Å². The Morgan fingerprint density at radius 2 is 1.95 bits per heavy atom. The lowest BCUT2D eigenvalue weighted by atomic mass is 9.89. The second-order valence-electron chi connectivity index (χ2n) is 6.39. The van der Waals surface area contributed by atoms with Crippen molar-refractivity contribution in [2.24, 2.45) is 11.1 Å². The number of hydrogen-bond acceptors (Lipinski definition) is 3. The number of amides is 2. The van der Waals surface area contributed by atoms with Crippen molar-refractivity contribution in [1.82, 2.24) is 15.1 Å². The van der Waals surface area contributed by atoms with Crippen LogP contribution in [0, 0.1) is 5.41 Å². The van der Waals surface area contributed by atoms with Crippen LogP contribution in [0.2, 0.25) is 0 Å². The van der Waals surface area contributed by atoms with Gasteiger partial charge in [-0.3, -0.25) is 14.7 Å². The summed E-state index contributed by atoms with van der Waals surface area (Å²) in [5, 5.41) is 6.78. The van der Waals surface area contributed by atoms with Crippen LogP contribution in [0.15, 0.2) is 6.07 Å². The third-order valence-electron chi connectivity index (χ3n) is 3.71. The van der Waals surface area contributed by atoms with E-state index in [4.69, 9.17) is 5.73 Å². The van der Waals surface area contributed by atoms with Crippen LogP contribution in [0.3, 0.4) is 0 Å². The fourth-order valence-electron chi connectivity index (χ4n) is 2.54. The minimum Gasteiger partial charge on any atom is -0.364 e. The molecule has 0 aromatic carbocycles. The number of piperidine rings is 1. The van der Waals surface area contributed by atoms with E-state index >= 15 is 0 Å². The average molecular weight is 278 g/mol. The predicted octanol–water partition coefficient (Wildman–Crippen LogP) is 1.26. The molecule has 2 rings (SSSR count). The van der Waals surface area contributed by atoms with Crippen LogP contribution < -0.4 is 5.73 Å². The third kappa shape index (κ3) is 3.00. The number of likely N-dealkylation sites (tertiary alicyclic amines) is 1. The van der Waals surface area contributed by atoms with E-state index < -0.39 is 5.91 Å². The number of carbonyl (C=O) groups excluding carboxylic acids is 2. The molecule has 2 heterocycles. The molecular weight excluding hydrogens is 256 g/mol. The van der Waals surface area contributed by atoms with E-state index in [1.165, 1.54) is 0 Å². The van der Waals surface area contributed by atoms with Gasteiger partial charge in [-0.05, 0) is 18.9 Å². The van der Waals surface area contributed by atoms with Crippen molar-refractivity contribution in [3.05, 3.63) is 17.5 Å². The molecule has 0 unspecified atom stereocenters. The first-order valence-electron chi connectivity index (χ1n) is 6.93. The van der Waals surface area contributed by atoms with Gasteiger partial charge < -0.3 is 10.6 Å². The Bertz CT molecular complexity index is 507. The van der Waals surface area contributed by atoms with Gasteiger partial charge >= 0.3 is 0 Å². The number of nitrogens with one attached hydrogen (secondary N) is 1. The zero-order valence-electron chi connectivity index (χ0n) is 12.3. The maximum absolute atomic E-state index is 12.2. The summed E-state index contributed by atoms with van der Waals surface area (Å²) in [6.07, 6.45) is 1.75. The van der Waals surface area contributed by atoms with Gasteiger partial charge in [0.2, 0.25) is 5.91 Å². The standard InChI is InChI=1S/C14H22N4O2/c1-14(2,3)13(20)18-6-4-9(5-7-18)10-8-11(12(15)19)17-16-10/h8-9H,4-7H2,1-3H3,(H2,15,19)(H,16,17). The molecule has 2 amide bonds. The first kappa shape index (κ1) is 14.6. The molecule has 6 nitrogen and oxygen atoms in total. The molecule has 1 saturated heterocycles. The quantitative estimate of drug-likeness (QED) is 0.853. The number of aromatic amines is 1. The lowest BCUT2D eigenvalue weighted by Crippen LogP contribution is -2.43. The summed E-state index contributed by atoms with van der Waals surface area (Å²) < 4.78 is 0. The minimum atomic E-state index is -0.521. The number of hydrogen-bond donors (Lipinski definition) is 2. The first-order chi connectivity index (χ1) is 9.29. The van der Waals surface area contributed by atoms with Crippen LogP contribution in [0.25, 0.3) is 0 Å². The summed E-state index contributed by atoms with van der Waals surface area (Å²) in [5.41, 5.74) is 6.06. The molecule has 1 aromatic heterocycles. The van der Waals surface area contributed by atoms with Crippen LogP contribution >= 0.6 is 0 Å². The van der Waals surface area contributed by atoms with Crippen LogP contribution in [0.4, 0.5) is 0 Å². The van der Waals surface area contributed by atoms with Gasteiger partial charge in [0.15, 0.2) is 0 Å². The monoisotopic (exact) mass is 278 g/mol. The number of rotatable bonds is 2. The lowest BCUT2D eigenvalue weighted by molar-refractivity contribution is -0.140. The normalized spacial score (nSPS) is 17.2. The smallest absolute Gasteiger partial charge is 0.269 e. The van der Waals surface area contributed by atoms with Gasteiger partial charge in [-0.15, -0.1) is 0 Å². The van der Waals surface area contributed by atoms with E-state index in [2.05, 4.69) is 10.2 Å². The molecule has 0 bridgehead atoms. The van der Waals surface area contributed by atoms with E-state index in [9.17, 15) is 9.59 Å². The highest BCUT2D eigenvalue weighted by atomic mass is 16.2. The first-order valence-corrected chi connectivity index (χ1v) is 6.93. The van der Waals surface area contributed by atoms with Crippen molar-refractivity contribution < 1.29 is 9.59 Å². The fraction of sp³-hybridized carbons (Fsp3) is 0.643. The number of nitrogens with two attached hydrogens (primary N) is 1. The Hall–Kier alpha value is -1.85. The topological polar surface area (TPSA) is 92.1 Å². The Labute approximate surface area is 118 Å². The van der Waals surface area contributed by atoms with Crippen molar-refractivity contribution in [3.63, 3.8) is 0 Å². The minimum absolute atomic E-state index is 0.193. The second-order valence-corrected chi connectivity index (χ2v) is 6.39. The molecule has 1 aliphatic heterocycles.